The van der Waals surface area contributed by atoms with Crippen LogP contribution in [0.3, 0.4) is 0 Å². The third kappa shape index (κ3) is 3.84. The average Bonchev–Trinajstić information content (AvgIpc) is 2.96. The monoisotopic (exact) mass is 274 g/mol. The van der Waals surface area contributed by atoms with Crippen molar-refractivity contribution in [3.63, 3.8) is 0 Å². The van der Waals surface area contributed by atoms with Crippen LogP contribution in [0.25, 0.3) is 0 Å². The molecule has 4 N–H and O–H groups in total. The Morgan fingerprint density at radius 3 is 2.75 bits per heavy atom. The Kier molecular flexibility index (Phi) is 4.33. The van der Waals surface area contributed by atoms with E-state index in [9.17, 15) is 9.59 Å². The molecule has 1 heterocycles. The molecule has 0 unspecified atom stereocenters. The summed E-state index contributed by atoms with van der Waals surface area (Å²) in [5.74, 6) is -0.990. The largest absolute Gasteiger partial charge is 0.478 e. The highest BCUT2D eigenvalue weighted by molar-refractivity contribution is 5.87. The number of aromatic amines is 1. The fraction of sp³-hybridized carbons (Fsp3) is 0.154. The second kappa shape index (κ2) is 6.37. The Morgan fingerprint density at radius 1 is 1.25 bits per heavy atom. The van der Waals surface area contributed by atoms with Gasteiger partial charge in [-0.15, -0.1) is 0 Å². The smallest absolute Gasteiger partial charge is 0.335 e. The molecule has 0 spiro atoms. The molecule has 0 aliphatic rings. The van der Waals surface area contributed by atoms with E-state index in [4.69, 9.17) is 5.11 Å². The summed E-state index contributed by atoms with van der Waals surface area (Å²) >= 11 is 0. The fourth-order valence-electron chi connectivity index (χ4n) is 1.62. The highest BCUT2D eigenvalue weighted by atomic mass is 16.4. The van der Waals surface area contributed by atoms with Crippen molar-refractivity contribution in [1.82, 2.24) is 20.6 Å². The number of amides is 2. The van der Waals surface area contributed by atoms with Crippen molar-refractivity contribution < 1.29 is 14.7 Å². The van der Waals surface area contributed by atoms with E-state index in [1.54, 1.807) is 18.3 Å². The van der Waals surface area contributed by atoms with Gasteiger partial charge in [-0.25, -0.2) is 14.6 Å². The lowest BCUT2D eigenvalue weighted by Gasteiger charge is -2.07. The van der Waals surface area contributed by atoms with E-state index in [1.807, 2.05) is 0 Å². The van der Waals surface area contributed by atoms with Gasteiger partial charge in [0, 0.05) is 12.7 Å². The standard InChI is InChI=1S/C13H14N4O3/c18-12(19)10-3-1-2-9(4-10)5-15-13(20)16-7-11-6-14-8-17-11/h1-4,6,8H,5,7H2,(H,14,17)(H,18,19)(H2,15,16,20). The summed E-state index contributed by atoms with van der Waals surface area (Å²) in [6.45, 7) is 0.608. The van der Waals surface area contributed by atoms with Crippen molar-refractivity contribution in [2.45, 2.75) is 13.1 Å². The predicted molar refractivity (Wildman–Crippen MR) is 71.1 cm³/mol. The van der Waals surface area contributed by atoms with E-state index in [2.05, 4.69) is 20.6 Å². The highest BCUT2D eigenvalue weighted by Crippen LogP contribution is 2.04. The summed E-state index contributed by atoms with van der Waals surface area (Å²) in [4.78, 5) is 29.1. The van der Waals surface area contributed by atoms with Crippen LogP contribution < -0.4 is 10.6 Å². The number of urea groups is 1. The zero-order valence-electron chi connectivity index (χ0n) is 10.6. The van der Waals surface area contributed by atoms with Gasteiger partial charge in [-0.3, -0.25) is 0 Å². The van der Waals surface area contributed by atoms with Crippen LogP contribution in [0.4, 0.5) is 4.79 Å². The van der Waals surface area contributed by atoms with Gasteiger partial charge in [0.25, 0.3) is 0 Å². The summed E-state index contributed by atoms with van der Waals surface area (Å²) in [7, 11) is 0. The molecule has 0 atom stereocenters. The van der Waals surface area contributed by atoms with Crippen LogP contribution in [0.5, 0.6) is 0 Å². The summed E-state index contributed by atoms with van der Waals surface area (Å²) < 4.78 is 0. The lowest BCUT2D eigenvalue weighted by Crippen LogP contribution is -2.34. The molecule has 7 heteroatoms. The van der Waals surface area contributed by atoms with Gasteiger partial charge in [-0.1, -0.05) is 12.1 Å². The van der Waals surface area contributed by atoms with Gasteiger partial charge < -0.3 is 20.7 Å². The van der Waals surface area contributed by atoms with Crippen LogP contribution in [0.1, 0.15) is 21.6 Å². The number of carbonyl (C=O) groups is 2. The molecule has 0 radical (unpaired) electrons. The minimum absolute atomic E-state index is 0.196. The molecule has 2 amide bonds. The lowest BCUT2D eigenvalue weighted by molar-refractivity contribution is 0.0696. The van der Waals surface area contributed by atoms with Crippen LogP contribution in [0, 0.1) is 0 Å². The van der Waals surface area contributed by atoms with Crippen molar-refractivity contribution in [2.75, 3.05) is 0 Å². The van der Waals surface area contributed by atoms with E-state index < -0.39 is 5.97 Å². The zero-order valence-corrected chi connectivity index (χ0v) is 10.6. The second-order valence-corrected chi connectivity index (χ2v) is 4.12. The minimum atomic E-state index is -0.990. The summed E-state index contributed by atoms with van der Waals surface area (Å²) in [5, 5.41) is 14.2. The van der Waals surface area contributed by atoms with Crippen molar-refractivity contribution in [2.24, 2.45) is 0 Å². The molecule has 0 bridgehead atoms. The van der Waals surface area contributed by atoms with Gasteiger partial charge in [0.1, 0.15) is 0 Å². The van der Waals surface area contributed by atoms with Crippen LogP contribution in [-0.4, -0.2) is 27.1 Å². The predicted octanol–water partition coefficient (Wildman–Crippen LogP) is 1.11. The SMILES string of the molecule is O=C(NCc1cccc(C(=O)O)c1)NCc1cnc[nH]1. The van der Waals surface area contributed by atoms with Gasteiger partial charge >= 0.3 is 12.0 Å². The third-order valence-corrected chi connectivity index (χ3v) is 2.62. The number of benzene rings is 1. The number of aromatic carboxylic acids is 1. The first-order chi connectivity index (χ1) is 9.65. The van der Waals surface area contributed by atoms with Crippen molar-refractivity contribution in [3.8, 4) is 0 Å². The molecule has 104 valence electrons. The molecule has 0 saturated heterocycles. The van der Waals surface area contributed by atoms with Crippen LogP contribution in [0.2, 0.25) is 0 Å². The molecule has 1 aromatic carbocycles. The number of carbonyl (C=O) groups excluding carboxylic acids is 1. The average molecular weight is 274 g/mol. The van der Waals surface area contributed by atoms with E-state index in [-0.39, 0.29) is 18.1 Å². The van der Waals surface area contributed by atoms with Crippen LogP contribution in [0.15, 0.2) is 36.8 Å². The van der Waals surface area contributed by atoms with Crippen molar-refractivity contribution in [1.29, 1.82) is 0 Å². The van der Waals surface area contributed by atoms with E-state index >= 15 is 0 Å². The molecular weight excluding hydrogens is 260 g/mol. The molecule has 0 fully saturated rings. The molecule has 0 saturated carbocycles. The maximum Gasteiger partial charge on any atom is 0.335 e. The summed E-state index contributed by atoms with van der Waals surface area (Å²) in [5.41, 5.74) is 1.72. The first kappa shape index (κ1) is 13.6. The molecule has 0 aliphatic heterocycles. The van der Waals surface area contributed by atoms with E-state index in [1.165, 1.54) is 18.5 Å². The number of carboxylic acids is 1. The number of H-pyrrole nitrogens is 1. The van der Waals surface area contributed by atoms with Gasteiger partial charge in [0.05, 0.1) is 24.1 Å². The van der Waals surface area contributed by atoms with E-state index in [0.29, 0.717) is 6.54 Å². The Balaban J connectivity index is 1.81. The Morgan fingerprint density at radius 2 is 2.05 bits per heavy atom. The number of hydrogen-bond donors (Lipinski definition) is 4. The first-order valence-corrected chi connectivity index (χ1v) is 5.96. The minimum Gasteiger partial charge on any atom is -0.478 e. The maximum atomic E-state index is 11.6. The summed E-state index contributed by atoms with van der Waals surface area (Å²) in [6.07, 6.45) is 3.16. The fourth-order valence-corrected chi connectivity index (χ4v) is 1.62. The number of rotatable bonds is 5. The third-order valence-electron chi connectivity index (χ3n) is 2.62. The highest BCUT2D eigenvalue weighted by Gasteiger charge is 2.05. The number of hydrogen-bond acceptors (Lipinski definition) is 3. The molecule has 2 aromatic rings. The summed E-state index contributed by atoms with van der Waals surface area (Å²) in [6, 6.07) is 6.09. The topological polar surface area (TPSA) is 107 Å². The Labute approximate surface area is 115 Å². The van der Waals surface area contributed by atoms with Gasteiger partial charge in [-0.2, -0.15) is 0 Å². The maximum absolute atomic E-state index is 11.6. The number of aromatic nitrogens is 2. The Hall–Kier alpha value is -2.83. The molecular formula is C13H14N4O3. The molecule has 0 aliphatic carbocycles. The molecule has 20 heavy (non-hydrogen) atoms. The van der Waals surface area contributed by atoms with Gasteiger partial charge in [0.15, 0.2) is 0 Å². The van der Waals surface area contributed by atoms with E-state index in [0.717, 1.165) is 11.3 Å². The van der Waals surface area contributed by atoms with Crippen molar-refractivity contribution in [3.05, 3.63) is 53.6 Å². The Bertz CT molecular complexity index is 595. The quantitative estimate of drug-likeness (QED) is 0.655. The molecule has 7 nitrogen and oxygen atoms in total. The molecule has 2 rings (SSSR count). The lowest BCUT2D eigenvalue weighted by atomic mass is 10.1. The van der Waals surface area contributed by atoms with Crippen molar-refractivity contribution >= 4 is 12.0 Å². The number of nitrogens with zero attached hydrogens (tertiary/aromatic N) is 1. The van der Waals surface area contributed by atoms with Crippen LogP contribution >= 0.6 is 0 Å². The second-order valence-electron chi connectivity index (χ2n) is 4.12. The van der Waals surface area contributed by atoms with Gasteiger partial charge in [-0.05, 0) is 17.7 Å². The number of nitrogens with one attached hydrogen (secondary N) is 3. The first-order valence-electron chi connectivity index (χ1n) is 5.96. The normalized spacial score (nSPS) is 10.0. The van der Waals surface area contributed by atoms with Crippen LogP contribution in [-0.2, 0) is 13.1 Å². The zero-order chi connectivity index (χ0) is 14.4. The molecule has 1 aromatic heterocycles. The number of imidazole rings is 1. The van der Waals surface area contributed by atoms with Gasteiger partial charge in [0.2, 0.25) is 0 Å². The number of carboxylic acid groups (broad SMARTS) is 1.